The number of carbonyl (C=O) groups is 1. The third-order valence-electron chi connectivity index (χ3n) is 5.05. The molecular weight excluding hydrogens is 325 g/mol. The second-order valence-corrected chi connectivity index (χ2v) is 8.06. The molecule has 1 amide bonds. The van der Waals surface area contributed by atoms with Crippen LogP contribution < -0.4 is 4.74 Å². The summed E-state index contributed by atoms with van der Waals surface area (Å²) in [6.07, 6.45) is 1.82. The molecule has 0 saturated carbocycles. The van der Waals surface area contributed by atoms with Gasteiger partial charge in [0.25, 0.3) is 0 Å². The number of aliphatic hydroxyl groups is 1. The van der Waals surface area contributed by atoms with E-state index in [1.165, 1.54) is 19.2 Å². The van der Waals surface area contributed by atoms with Crippen LogP contribution in [0.3, 0.4) is 0 Å². The maximum absolute atomic E-state index is 14.4. The smallest absolute Gasteiger partial charge is 0.410 e. The molecule has 1 N–H and O–H groups in total. The van der Waals surface area contributed by atoms with Crippen LogP contribution in [0.25, 0.3) is 0 Å². The first-order chi connectivity index (χ1) is 11.6. The molecule has 2 saturated heterocycles. The molecule has 2 aliphatic heterocycles. The molecule has 3 rings (SSSR count). The molecule has 25 heavy (non-hydrogen) atoms. The van der Waals surface area contributed by atoms with Crippen LogP contribution in [0, 0.1) is 5.82 Å². The zero-order chi connectivity index (χ0) is 18.4. The summed E-state index contributed by atoms with van der Waals surface area (Å²) in [5, 5.41) is 11.2. The number of halogens is 1. The fourth-order valence-corrected chi connectivity index (χ4v) is 4.05. The number of benzene rings is 1. The largest absolute Gasteiger partial charge is 0.497 e. The normalized spacial score (nSPS) is 28.8. The average Bonchev–Trinajstić information content (AvgIpc) is 2.79. The maximum Gasteiger partial charge on any atom is 0.410 e. The third-order valence-corrected chi connectivity index (χ3v) is 5.05. The molecule has 1 aromatic carbocycles. The van der Waals surface area contributed by atoms with Gasteiger partial charge in [-0.05, 0) is 51.8 Å². The fraction of sp³-hybridized carbons (Fsp3) is 0.632. The standard InChI is InChI=1S/C19H26FNO4/c1-18(2,3)25-17(22)21-12-5-6-13(21)11-19(23,10-12)15-9-14(24-4)7-8-16(15)20/h7-9,12-13,23H,5-6,10-11H2,1-4H3. The van der Waals surface area contributed by atoms with Crippen LogP contribution in [0.15, 0.2) is 18.2 Å². The predicted octanol–water partition coefficient (Wildman–Crippen LogP) is 3.58. The minimum absolute atomic E-state index is 0.149. The number of hydrogen-bond donors (Lipinski definition) is 1. The van der Waals surface area contributed by atoms with E-state index >= 15 is 0 Å². The van der Waals surface area contributed by atoms with E-state index in [0.29, 0.717) is 18.6 Å². The summed E-state index contributed by atoms with van der Waals surface area (Å²) in [5.74, 6) is 0.0557. The van der Waals surface area contributed by atoms with Gasteiger partial charge in [0.15, 0.2) is 0 Å². The topological polar surface area (TPSA) is 59.0 Å². The summed E-state index contributed by atoms with van der Waals surface area (Å²) in [5.41, 5.74) is -1.63. The lowest BCUT2D eigenvalue weighted by molar-refractivity contribution is -0.0641. The zero-order valence-electron chi connectivity index (χ0n) is 15.2. The zero-order valence-corrected chi connectivity index (χ0v) is 15.2. The van der Waals surface area contributed by atoms with Crippen molar-refractivity contribution in [2.45, 2.75) is 69.7 Å². The van der Waals surface area contributed by atoms with Gasteiger partial charge in [-0.2, -0.15) is 0 Å². The van der Waals surface area contributed by atoms with Gasteiger partial charge < -0.3 is 19.5 Å². The molecule has 5 nitrogen and oxygen atoms in total. The van der Waals surface area contributed by atoms with E-state index in [1.807, 2.05) is 20.8 Å². The molecule has 6 heteroatoms. The molecule has 2 atom stereocenters. The summed E-state index contributed by atoms with van der Waals surface area (Å²) in [7, 11) is 1.51. The van der Waals surface area contributed by atoms with Gasteiger partial charge in [-0.1, -0.05) is 0 Å². The number of fused-ring (bicyclic) bond motifs is 2. The van der Waals surface area contributed by atoms with Crippen molar-refractivity contribution in [1.29, 1.82) is 0 Å². The molecule has 0 spiro atoms. The van der Waals surface area contributed by atoms with Crippen LogP contribution >= 0.6 is 0 Å². The first-order valence-electron chi connectivity index (χ1n) is 8.71. The number of carbonyl (C=O) groups excluding carboxylic acids is 1. The fourth-order valence-electron chi connectivity index (χ4n) is 4.05. The van der Waals surface area contributed by atoms with Gasteiger partial charge in [-0.15, -0.1) is 0 Å². The monoisotopic (exact) mass is 351 g/mol. The van der Waals surface area contributed by atoms with Crippen LogP contribution in [0.2, 0.25) is 0 Å². The Morgan fingerprint density at radius 2 is 1.88 bits per heavy atom. The lowest BCUT2D eigenvalue weighted by Gasteiger charge is -2.44. The number of piperidine rings is 1. The quantitative estimate of drug-likeness (QED) is 0.885. The Bertz CT molecular complexity index is 656. The van der Waals surface area contributed by atoms with Crippen molar-refractivity contribution in [1.82, 2.24) is 4.90 Å². The van der Waals surface area contributed by atoms with Gasteiger partial charge in [0.1, 0.15) is 17.2 Å². The van der Waals surface area contributed by atoms with Crippen molar-refractivity contribution in [2.75, 3.05) is 7.11 Å². The first-order valence-corrected chi connectivity index (χ1v) is 8.71. The Balaban J connectivity index is 1.85. The summed E-state index contributed by atoms with van der Waals surface area (Å²) in [6, 6.07) is 4.10. The highest BCUT2D eigenvalue weighted by Crippen LogP contribution is 2.47. The third kappa shape index (κ3) is 3.45. The molecule has 0 aliphatic carbocycles. The first kappa shape index (κ1) is 18.0. The highest BCUT2D eigenvalue weighted by atomic mass is 19.1. The number of ether oxygens (including phenoxy) is 2. The Hall–Kier alpha value is -1.82. The molecule has 0 aromatic heterocycles. The Labute approximate surface area is 147 Å². The average molecular weight is 351 g/mol. The number of amides is 1. The van der Waals surface area contributed by atoms with Crippen molar-refractivity contribution >= 4 is 6.09 Å². The summed E-state index contributed by atoms with van der Waals surface area (Å²) in [4.78, 5) is 14.3. The summed E-state index contributed by atoms with van der Waals surface area (Å²) < 4.78 is 25.0. The molecule has 138 valence electrons. The van der Waals surface area contributed by atoms with Gasteiger partial charge >= 0.3 is 6.09 Å². The number of hydrogen-bond acceptors (Lipinski definition) is 4. The van der Waals surface area contributed by atoms with Gasteiger partial charge in [-0.3, -0.25) is 0 Å². The SMILES string of the molecule is COc1ccc(F)c(C2(O)CC3CCC(C2)N3C(=O)OC(C)(C)C)c1. The van der Waals surface area contributed by atoms with Crippen molar-refractivity contribution in [3.8, 4) is 5.75 Å². The van der Waals surface area contributed by atoms with Gasteiger partial charge in [0, 0.05) is 30.5 Å². The number of nitrogens with zero attached hydrogens (tertiary/aromatic N) is 1. The number of rotatable bonds is 2. The molecule has 1 aromatic rings. The second-order valence-electron chi connectivity index (χ2n) is 8.06. The molecule has 2 heterocycles. The maximum atomic E-state index is 14.4. The lowest BCUT2D eigenvalue weighted by atomic mass is 9.80. The van der Waals surface area contributed by atoms with Crippen LogP contribution in [-0.2, 0) is 10.3 Å². The minimum atomic E-state index is -1.30. The van der Waals surface area contributed by atoms with E-state index < -0.39 is 17.0 Å². The Morgan fingerprint density at radius 3 is 2.40 bits per heavy atom. The van der Waals surface area contributed by atoms with Crippen molar-refractivity contribution in [2.24, 2.45) is 0 Å². The highest BCUT2D eigenvalue weighted by Gasteiger charge is 2.51. The van der Waals surface area contributed by atoms with E-state index in [4.69, 9.17) is 9.47 Å². The van der Waals surface area contributed by atoms with Crippen LogP contribution in [-0.4, -0.2) is 40.9 Å². The predicted molar refractivity (Wildman–Crippen MR) is 91.0 cm³/mol. The number of methoxy groups -OCH3 is 1. The van der Waals surface area contributed by atoms with E-state index in [1.54, 1.807) is 11.0 Å². The van der Waals surface area contributed by atoms with Crippen LogP contribution in [0.1, 0.15) is 52.0 Å². The Morgan fingerprint density at radius 1 is 1.28 bits per heavy atom. The van der Waals surface area contributed by atoms with Gasteiger partial charge in [0.05, 0.1) is 12.7 Å². The van der Waals surface area contributed by atoms with Crippen molar-refractivity contribution in [3.05, 3.63) is 29.6 Å². The molecule has 2 fully saturated rings. The highest BCUT2D eigenvalue weighted by molar-refractivity contribution is 5.70. The Kier molecular flexibility index (Phi) is 4.43. The minimum Gasteiger partial charge on any atom is -0.497 e. The summed E-state index contributed by atoms with van der Waals surface area (Å²) in [6.45, 7) is 5.50. The van der Waals surface area contributed by atoms with E-state index in [-0.39, 0.29) is 23.7 Å². The van der Waals surface area contributed by atoms with E-state index in [2.05, 4.69) is 0 Å². The van der Waals surface area contributed by atoms with Crippen LogP contribution in [0.5, 0.6) is 5.75 Å². The molecule has 2 unspecified atom stereocenters. The van der Waals surface area contributed by atoms with Crippen molar-refractivity contribution < 1.29 is 23.8 Å². The van der Waals surface area contributed by atoms with Crippen molar-refractivity contribution in [3.63, 3.8) is 0 Å². The second kappa shape index (κ2) is 6.16. The summed E-state index contributed by atoms with van der Waals surface area (Å²) >= 11 is 0. The van der Waals surface area contributed by atoms with Gasteiger partial charge in [0.2, 0.25) is 0 Å². The van der Waals surface area contributed by atoms with E-state index in [9.17, 15) is 14.3 Å². The van der Waals surface area contributed by atoms with Gasteiger partial charge in [-0.25, -0.2) is 9.18 Å². The molecular formula is C19H26FNO4. The van der Waals surface area contributed by atoms with E-state index in [0.717, 1.165) is 12.8 Å². The molecule has 0 radical (unpaired) electrons. The lowest BCUT2D eigenvalue weighted by Crippen LogP contribution is -2.53. The molecule has 2 aliphatic rings. The van der Waals surface area contributed by atoms with Crippen LogP contribution in [0.4, 0.5) is 9.18 Å². The molecule has 2 bridgehead atoms.